The number of ether oxygens (including phenoxy) is 1. The van der Waals surface area contributed by atoms with Crippen LogP contribution >= 0.6 is 0 Å². The molecule has 132 valence electrons. The first-order valence-corrected chi connectivity index (χ1v) is 8.15. The normalized spacial score (nSPS) is 9.69. The second-order valence-electron chi connectivity index (χ2n) is 5.41. The molecule has 3 rings (SSSR count). The Morgan fingerprint density at radius 1 is 0.615 bits per heavy atom. The van der Waals surface area contributed by atoms with Crippen LogP contribution in [0.2, 0.25) is 0 Å². The summed E-state index contributed by atoms with van der Waals surface area (Å²) in [6.45, 7) is -0.162. The van der Waals surface area contributed by atoms with Crippen molar-refractivity contribution in [3.63, 3.8) is 0 Å². The third kappa shape index (κ3) is 6.71. The van der Waals surface area contributed by atoms with Gasteiger partial charge >= 0.3 is 0 Å². The summed E-state index contributed by atoms with van der Waals surface area (Å²) in [5, 5.41) is 8.63. The molecule has 0 saturated heterocycles. The maximum Gasteiger partial charge on any atom is 0.188 e. The Bertz CT molecular complexity index is 748. The molecular formula is C22H20O4. The standard InChI is InChI=1S/C16H14O3.C6H6O/c17-15(13-7-3-1-4-8-13)11-19-12-16(18)14-9-5-2-6-10-14;7-6-4-2-1-3-5-6/h1-10H,11-12H2;1-5,7H. The van der Waals surface area contributed by atoms with E-state index in [0.29, 0.717) is 16.9 Å². The fourth-order valence-corrected chi connectivity index (χ4v) is 2.08. The van der Waals surface area contributed by atoms with Crippen LogP contribution in [-0.4, -0.2) is 29.9 Å². The quantitative estimate of drug-likeness (QED) is 0.679. The van der Waals surface area contributed by atoms with Crippen LogP contribution in [0.15, 0.2) is 91.0 Å². The van der Waals surface area contributed by atoms with E-state index in [1.54, 1.807) is 72.8 Å². The van der Waals surface area contributed by atoms with Crippen molar-refractivity contribution in [2.45, 2.75) is 0 Å². The number of carbonyl (C=O) groups is 2. The van der Waals surface area contributed by atoms with E-state index >= 15 is 0 Å². The minimum Gasteiger partial charge on any atom is -0.508 e. The van der Waals surface area contributed by atoms with E-state index in [0.717, 1.165) is 0 Å². The van der Waals surface area contributed by atoms with Gasteiger partial charge in [0.2, 0.25) is 0 Å². The molecule has 0 unspecified atom stereocenters. The fraction of sp³-hybridized carbons (Fsp3) is 0.0909. The average Bonchev–Trinajstić information content (AvgIpc) is 2.70. The van der Waals surface area contributed by atoms with Crippen molar-refractivity contribution in [2.75, 3.05) is 13.2 Å². The third-order valence-corrected chi connectivity index (χ3v) is 3.41. The van der Waals surface area contributed by atoms with Gasteiger partial charge in [-0.1, -0.05) is 78.9 Å². The molecule has 0 bridgehead atoms. The minimum absolute atomic E-state index is 0.0808. The number of Topliss-reactive ketones (excluding diaryl/α,β-unsaturated/α-hetero) is 2. The number of phenols is 1. The van der Waals surface area contributed by atoms with Crippen molar-refractivity contribution >= 4 is 11.6 Å². The summed E-state index contributed by atoms with van der Waals surface area (Å²) in [6.07, 6.45) is 0. The Balaban J connectivity index is 0.000000290. The number of rotatable bonds is 6. The second-order valence-corrected chi connectivity index (χ2v) is 5.41. The zero-order valence-electron chi connectivity index (χ0n) is 14.2. The number of benzene rings is 3. The smallest absolute Gasteiger partial charge is 0.188 e. The topological polar surface area (TPSA) is 63.6 Å². The highest BCUT2D eigenvalue weighted by Crippen LogP contribution is 2.03. The van der Waals surface area contributed by atoms with E-state index in [1.807, 2.05) is 18.2 Å². The van der Waals surface area contributed by atoms with Crippen molar-refractivity contribution in [3.05, 3.63) is 102 Å². The number of aromatic hydroxyl groups is 1. The maximum absolute atomic E-state index is 11.7. The molecule has 3 aromatic rings. The number of phenolic OH excluding ortho intramolecular Hbond substituents is 1. The molecule has 0 radical (unpaired) electrons. The molecule has 0 spiro atoms. The van der Waals surface area contributed by atoms with Crippen LogP contribution in [0.4, 0.5) is 0 Å². The molecule has 0 saturated carbocycles. The summed E-state index contributed by atoms with van der Waals surface area (Å²) < 4.78 is 5.17. The summed E-state index contributed by atoms with van der Waals surface area (Å²) in [4.78, 5) is 23.5. The highest BCUT2D eigenvalue weighted by Gasteiger charge is 2.08. The summed E-state index contributed by atoms with van der Waals surface area (Å²) in [5.41, 5.74) is 1.18. The van der Waals surface area contributed by atoms with Gasteiger partial charge in [-0.25, -0.2) is 0 Å². The largest absolute Gasteiger partial charge is 0.508 e. The first-order chi connectivity index (χ1) is 12.7. The first-order valence-electron chi connectivity index (χ1n) is 8.15. The van der Waals surface area contributed by atoms with Gasteiger partial charge in [0.15, 0.2) is 11.6 Å². The van der Waals surface area contributed by atoms with Crippen LogP contribution in [0.5, 0.6) is 5.75 Å². The SMILES string of the molecule is O=C(COCC(=O)c1ccccc1)c1ccccc1.Oc1ccccc1. The summed E-state index contributed by atoms with van der Waals surface area (Å²) >= 11 is 0. The van der Waals surface area contributed by atoms with Gasteiger partial charge in [-0.2, -0.15) is 0 Å². The van der Waals surface area contributed by atoms with E-state index in [4.69, 9.17) is 9.84 Å². The lowest BCUT2D eigenvalue weighted by Gasteiger charge is -2.03. The summed E-state index contributed by atoms with van der Waals surface area (Å²) in [5.74, 6) is 0.0745. The first kappa shape index (κ1) is 19.1. The lowest BCUT2D eigenvalue weighted by molar-refractivity contribution is 0.0672. The van der Waals surface area contributed by atoms with Crippen molar-refractivity contribution in [2.24, 2.45) is 0 Å². The van der Waals surface area contributed by atoms with Crippen LogP contribution in [-0.2, 0) is 4.74 Å². The molecule has 4 heteroatoms. The Morgan fingerprint density at radius 2 is 0.962 bits per heavy atom. The van der Waals surface area contributed by atoms with Crippen LogP contribution in [0.1, 0.15) is 20.7 Å². The average molecular weight is 348 g/mol. The van der Waals surface area contributed by atoms with E-state index in [1.165, 1.54) is 0 Å². The molecule has 0 aromatic heterocycles. The van der Waals surface area contributed by atoms with Gasteiger partial charge in [-0.05, 0) is 12.1 Å². The molecule has 1 N–H and O–H groups in total. The Kier molecular flexibility index (Phi) is 7.77. The molecule has 0 amide bonds. The molecular weight excluding hydrogens is 328 g/mol. The van der Waals surface area contributed by atoms with E-state index in [-0.39, 0.29) is 24.8 Å². The molecule has 0 fully saturated rings. The molecule has 0 aliphatic heterocycles. The molecule has 0 aliphatic carbocycles. The van der Waals surface area contributed by atoms with Crippen LogP contribution < -0.4 is 0 Å². The van der Waals surface area contributed by atoms with Gasteiger partial charge in [-0.3, -0.25) is 9.59 Å². The monoisotopic (exact) mass is 348 g/mol. The maximum atomic E-state index is 11.7. The van der Waals surface area contributed by atoms with Crippen LogP contribution in [0, 0.1) is 0 Å². The summed E-state index contributed by atoms with van der Waals surface area (Å²) in [7, 11) is 0. The zero-order valence-corrected chi connectivity index (χ0v) is 14.2. The predicted octanol–water partition coefficient (Wildman–Crippen LogP) is 4.16. The lowest BCUT2D eigenvalue weighted by atomic mass is 10.1. The minimum atomic E-state index is -0.124. The van der Waals surface area contributed by atoms with E-state index < -0.39 is 0 Å². The number of para-hydroxylation sites is 1. The fourth-order valence-electron chi connectivity index (χ4n) is 2.08. The Labute approximate surface area is 152 Å². The molecule has 0 heterocycles. The lowest BCUT2D eigenvalue weighted by Crippen LogP contribution is -2.15. The third-order valence-electron chi connectivity index (χ3n) is 3.41. The van der Waals surface area contributed by atoms with Gasteiger partial charge in [0.1, 0.15) is 19.0 Å². The Morgan fingerprint density at radius 3 is 1.27 bits per heavy atom. The van der Waals surface area contributed by atoms with Gasteiger partial charge in [-0.15, -0.1) is 0 Å². The summed E-state index contributed by atoms with van der Waals surface area (Å²) in [6, 6.07) is 26.5. The van der Waals surface area contributed by atoms with Gasteiger partial charge in [0.05, 0.1) is 0 Å². The molecule has 0 aliphatic rings. The molecule has 0 atom stereocenters. The second kappa shape index (κ2) is 10.6. The van der Waals surface area contributed by atoms with Crippen LogP contribution in [0.25, 0.3) is 0 Å². The van der Waals surface area contributed by atoms with E-state index in [9.17, 15) is 9.59 Å². The van der Waals surface area contributed by atoms with Gasteiger partial charge in [0, 0.05) is 11.1 Å². The van der Waals surface area contributed by atoms with Crippen molar-refractivity contribution in [3.8, 4) is 5.75 Å². The molecule has 26 heavy (non-hydrogen) atoms. The van der Waals surface area contributed by atoms with Crippen molar-refractivity contribution < 1.29 is 19.4 Å². The number of ketones is 2. The number of carbonyl (C=O) groups excluding carboxylic acids is 2. The number of hydrogen-bond donors (Lipinski definition) is 1. The van der Waals surface area contributed by atoms with Crippen LogP contribution in [0.3, 0.4) is 0 Å². The number of hydrogen-bond acceptors (Lipinski definition) is 4. The zero-order chi connectivity index (χ0) is 18.6. The van der Waals surface area contributed by atoms with Gasteiger partial charge in [0.25, 0.3) is 0 Å². The molecule has 4 nitrogen and oxygen atoms in total. The van der Waals surface area contributed by atoms with Crippen molar-refractivity contribution in [1.82, 2.24) is 0 Å². The predicted molar refractivity (Wildman–Crippen MR) is 100 cm³/mol. The van der Waals surface area contributed by atoms with E-state index in [2.05, 4.69) is 0 Å². The Hall–Kier alpha value is -3.24. The highest BCUT2D eigenvalue weighted by molar-refractivity contribution is 5.98. The highest BCUT2D eigenvalue weighted by atomic mass is 16.5. The molecule has 3 aromatic carbocycles. The van der Waals surface area contributed by atoms with Gasteiger partial charge < -0.3 is 9.84 Å². The van der Waals surface area contributed by atoms with Crippen molar-refractivity contribution in [1.29, 1.82) is 0 Å².